The van der Waals surface area contributed by atoms with Crippen LogP contribution in [0.1, 0.15) is 17.2 Å². The third kappa shape index (κ3) is 2.38. The van der Waals surface area contributed by atoms with E-state index in [0.717, 1.165) is 11.1 Å². The number of hydrogen-bond donors (Lipinski definition) is 1. The zero-order chi connectivity index (χ0) is 11.7. The second-order valence-corrected chi connectivity index (χ2v) is 5.59. The van der Waals surface area contributed by atoms with Crippen LogP contribution in [0, 0.1) is 5.82 Å². The van der Waals surface area contributed by atoms with Crippen LogP contribution in [0.5, 0.6) is 0 Å². The lowest BCUT2D eigenvalue weighted by Crippen LogP contribution is -2.11. The minimum atomic E-state index is -0.378. The number of nitrogens with two attached hydrogens (primary N) is 1. The van der Waals surface area contributed by atoms with E-state index in [-0.39, 0.29) is 11.9 Å². The van der Waals surface area contributed by atoms with Crippen LogP contribution in [0.4, 0.5) is 4.39 Å². The van der Waals surface area contributed by atoms with Crippen molar-refractivity contribution >= 4 is 34.5 Å². The van der Waals surface area contributed by atoms with E-state index in [1.165, 1.54) is 23.5 Å². The number of benzene rings is 1. The molecule has 0 amide bonds. The molecule has 1 aromatic heterocycles. The first-order valence-corrected chi connectivity index (χ1v) is 6.11. The standard InChI is InChI=1S/C11H8Cl2FNS/c12-9-5-8(11(13)16-9)10(15)6-1-3-7(14)4-2-6/h1-5,10H,15H2. The van der Waals surface area contributed by atoms with Crippen molar-refractivity contribution in [2.75, 3.05) is 0 Å². The van der Waals surface area contributed by atoms with Gasteiger partial charge in [-0.25, -0.2) is 4.39 Å². The van der Waals surface area contributed by atoms with Crippen LogP contribution in [-0.2, 0) is 0 Å². The van der Waals surface area contributed by atoms with Gasteiger partial charge in [0.1, 0.15) is 5.82 Å². The van der Waals surface area contributed by atoms with Crippen LogP contribution in [0.2, 0.25) is 8.67 Å². The Morgan fingerprint density at radius 1 is 1.19 bits per heavy atom. The molecular weight excluding hydrogens is 268 g/mol. The third-order valence-electron chi connectivity index (χ3n) is 2.25. The summed E-state index contributed by atoms with van der Waals surface area (Å²) >= 11 is 13.1. The molecule has 84 valence electrons. The summed E-state index contributed by atoms with van der Waals surface area (Å²) in [5.41, 5.74) is 7.59. The van der Waals surface area contributed by atoms with Gasteiger partial charge in [0.25, 0.3) is 0 Å². The normalized spacial score (nSPS) is 12.8. The van der Waals surface area contributed by atoms with Gasteiger partial charge in [0, 0.05) is 5.56 Å². The summed E-state index contributed by atoms with van der Waals surface area (Å²) in [6, 6.07) is 7.39. The van der Waals surface area contributed by atoms with Crippen molar-refractivity contribution in [3.8, 4) is 0 Å². The Kier molecular flexibility index (Phi) is 3.50. The Morgan fingerprint density at radius 3 is 2.31 bits per heavy atom. The van der Waals surface area contributed by atoms with Crippen molar-refractivity contribution in [1.82, 2.24) is 0 Å². The van der Waals surface area contributed by atoms with E-state index in [4.69, 9.17) is 28.9 Å². The maximum absolute atomic E-state index is 12.7. The molecule has 1 unspecified atom stereocenters. The number of thiophene rings is 1. The fourth-order valence-electron chi connectivity index (χ4n) is 1.41. The van der Waals surface area contributed by atoms with E-state index in [9.17, 15) is 4.39 Å². The summed E-state index contributed by atoms with van der Waals surface area (Å²) in [7, 11) is 0. The molecule has 1 nitrogen and oxygen atoms in total. The summed E-state index contributed by atoms with van der Waals surface area (Å²) in [5, 5.41) is 0. The average Bonchev–Trinajstić information content (AvgIpc) is 2.58. The molecule has 2 N–H and O–H groups in total. The van der Waals surface area contributed by atoms with Gasteiger partial charge in [-0.05, 0) is 23.8 Å². The van der Waals surface area contributed by atoms with Gasteiger partial charge < -0.3 is 5.73 Å². The Labute approximate surface area is 107 Å². The van der Waals surface area contributed by atoms with Crippen molar-refractivity contribution in [3.05, 3.63) is 55.9 Å². The van der Waals surface area contributed by atoms with E-state index in [2.05, 4.69) is 0 Å². The number of rotatable bonds is 2. The molecule has 0 bridgehead atoms. The summed E-state index contributed by atoms with van der Waals surface area (Å²) in [5.74, 6) is -0.287. The molecule has 1 atom stereocenters. The highest BCUT2D eigenvalue weighted by Crippen LogP contribution is 2.36. The number of hydrogen-bond acceptors (Lipinski definition) is 2. The van der Waals surface area contributed by atoms with Crippen LogP contribution in [-0.4, -0.2) is 0 Å². The Hall–Kier alpha value is -0.610. The zero-order valence-corrected chi connectivity index (χ0v) is 10.4. The molecular formula is C11H8Cl2FNS. The van der Waals surface area contributed by atoms with Gasteiger partial charge in [-0.2, -0.15) is 0 Å². The van der Waals surface area contributed by atoms with Crippen molar-refractivity contribution in [2.45, 2.75) is 6.04 Å². The molecule has 0 aliphatic carbocycles. The molecule has 5 heteroatoms. The second kappa shape index (κ2) is 4.72. The highest BCUT2D eigenvalue weighted by atomic mass is 35.5. The first-order chi connectivity index (χ1) is 7.58. The van der Waals surface area contributed by atoms with Gasteiger partial charge >= 0.3 is 0 Å². The average molecular weight is 276 g/mol. The van der Waals surface area contributed by atoms with E-state index in [1.807, 2.05) is 0 Å². The topological polar surface area (TPSA) is 26.0 Å². The van der Waals surface area contributed by atoms with Gasteiger partial charge in [0.2, 0.25) is 0 Å². The highest BCUT2D eigenvalue weighted by Gasteiger charge is 2.15. The molecule has 0 radical (unpaired) electrons. The van der Waals surface area contributed by atoms with E-state index >= 15 is 0 Å². The van der Waals surface area contributed by atoms with E-state index < -0.39 is 0 Å². The molecule has 0 fully saturated rings. The molecule has 2 aromatic rings. The van der Waals surface area contributed by atoms with E-state index in [1.54, 1.807) is 18.2 Å². The predicted molar refractivity (Wildman–Crippen MR) is 66.8 cm³/mol. The molecule has 16 heavy (non-hydrogen) atoms. The van der Waals surface area contributed by atoms with Crippen molar-refractivity contribution in [1.29, 1.82) is 0 Å². The quantitative estimate of drug-likeness (QED) is 0.872. The van der Waals surface area contributed by atoms with E-state index in [0.29, 0.717) is 8.67 Å². The molecule has 0 aliphatic heterocycles. The lowest BCUT2D eigenvalue weighted by Gasteiger charge is -2.10. The highest BCUT2D eigenvalue weighted by molar-refractivity contribution is 7.20. The predicted octanol–water partition coefficient (Wildman–Crippen LogP) is 4.24. The van der Waals surface area contributed by atoms with Gasteiger partial charge in [0.05, 0.1) is 14.7 Å². The summed E-state index contributed by atoms with van der Waals surface area (Å²) in [6.07, 6.45) is 0. The molecule has 2 rings (SSSR count). The first kappa shape index (κ1) is 11.9. The third-order valence-corrected chi connectivity index (χ3v) is 3.77. The van der Waals surface area contributed by atoms with Crippen molar-refractivity contribution < 1.29 is 4.39 Å². The Bertz CT molecular complexity index is 495. The van der Waals surface area contributed by atoms with Gasteiger partial charge in [-0.15, -0.1) is 11.3 Å². The molecule has 0 spiro atoms. The van der Waals surface area contributed by atoms with Crippen LogP contribution < -0.4 is 5.73 Å². The molecule has 0 aliphatic rings. The second-order valence-electron chi connectivity index (χ2n) is 3.31. The Balaban J connectivity index is 2.35. The smallest absolute Gasteiger partial charge is 0.123 e. The fraction of sp³-hybridized carbons (Fsp3) is 0.0909. The zero-order valence-electron chi connectivity index (χ0n) is 8.08. The van der Waals surface area contributed by atoms with Crippen LogP contribution in [0.15, 0.2) is 30.3 Å². The monoisotopic (exact) mass is 275 g/mol. The van der Waals surface area contributed by atoms with Gasteiger partial charge in [-0.1, -0.05) is 35.3 Å². The van der Waals surface area contributed by atoms with Crippen LogP contribution in [0.3, 0.4) is 0 Å². The Morgan fingerprint density at radius 2 is 1.81 bits per heavy atom. The lowest BCUT2D eigenvalue weighted by atomic mass is 10.0. The van der Waals surface area contributed by atoms with Crippen molar-refractivity contribution in [3.63, 3.8) is 0 Å². The molecule has 1 heterocycles. The molecule has 1 aromatic carbocycles. The van der Waals surface area contributed by atoms with Crippen molar-refractivity contribution in [2.24, 2.45) is 5.73 Å². The lowest BCUT2D eigenvalue weighted by molar-refractivity contribution is 0.626. The minimum absolute atomic E-state index is 0.287. The maximum atomic E-state index is 12.7. The molecule has 0 saturated carbocycles. The van der Waals surface area contributed by atoms with Crippen LogP contribution >= 0.6 is 34.5 Å². The maximum Gasteiger partial charge on any atom is 0.123 e. The minimum Gasteiger partial charge on any atom is -0.320 e. The SMILES string of the molecule is NC(c1ccc(F)cc1)c1cc(Cl)sc1Cl. The largest absolute Gasteiger partial charge is 0.320 e. The number of halogens is 3. The fourth-order valence-corrected chi connectivity index (χ4v) is 2.96. The first-order valence-electron chi connectivity index (χ1n) is 4.53. The van der Waals surface area contributed by atoms with Gasteiger partial charge in [0.15, 0.2) is 0 Å². The molecule has 0 saturated heterocycles. The van der Waals surface area contributed by atoms with Crippen LogP contribution in [0.25, 0.3) is 0 Å². The summed E-state index contributed by atoms with van der Waals surface area (Å²) in [4.78, 5) is 0. The van der Waals surface area contributed by atoms with Gasteiger partial charge in [-0.3, -0.25) is 0 Å². The summed E-state index contributed by atoms with van der Waals surface area (Å²) < 4.78 is 13.9. The summed E-state index contributed by atoms with van der Waals surface area (Å²) in [6.45, 7) is 0.